The monoisotopic (exact) mass is 341 g/mol. The predicted octanol–water partition coefficient (Wildman–Crippen LogP) is 2.22. The van der Waals surface area contributed by atoms with Crippen molar-refractivity contribution in [3.05, 3.63) is 41.5 Å². The van der Waals surface area contributed by atoms with Gasteiger partial charge in [0.25, 0.3) is 5.91 Å². The molecular weight excluding hydrogens is 318 g/mol. The van der Waals surface area contributed by atoms with Crippen LogP contribution >= 0.6 is 0 Å². The van der Waals surface area contributed by atoms with Crippen LogP contribution in [0.2, 0.25) is 0 Å². The Morgan fingerprint density at radius 3 is 2.72 bits per heavy atom. The number of aromatic amines is 1. The Morgan fingerprint density at radius 2 is 2.12 bits per heavy atom. The molecule has 3 rings (SSSR count). The lowest BCUT2D eigenvalue weighted by molar-refractivity contribution is -0.116. The molecule has 1 aromatic heterocycles. The second kappa shape index (κ2) is 7.04. The van der Waals surface area contributed by atoms with E-state index in [1.54, 1.807) is 17.9 Å². The van der Waals surface area contributed by atoms with Gasteiger partial charge in [-0.15, -0.1) is 0 Å². The smallest absolute Gasteiger partial charge is 0.251 e. The molecule has 1 aliphatic rings. The molecule has 0 bridgehead atoms. The zero-order valence-corrected chi connectivity index (χ0v) is 14.7. The van der Waals surface area contributed by atoms with E-state index < -0.39 is 0 Å². The van der Waals surface area contributed by atoms with Crippen LogP contribution in [-0.2, 0) is 4.79 Å². The van der Waals surface area contributed by atoms with Gasteiger partial charge in [-0.05, 0) is 36.6 Å². The highest BCUT2D eigenvalue weighted by Gasteiger charge is 2.34. The van der Waals surface area contributed by atoms with E-state index in [4.69, 9.17) is 0 Å². The predicted molar refractivity (Wildman–Crippen MR) is 94.5 cm³/mol. The van der Waals surface area contributed by atoms with Gasteiger partial charge in [-0.25, -0.2) is 4.98 Å². The molecule has 0 aliphatic carbocycles. The Bertz CT molecular complexity index is 768. The minimum atomic E-state index is -0.109. The first-order chi connectivity index (χ1) is 12.0. The van der Waals surface area contributed by atoms with E-state index >= 15 is 0 Å². The molecule has 2 amide bonds. The Hall–Kier alpha value is -2.70. The number of benzene rings is 1. The summed E-state index contributed by atoms with van der Waals surface area (Å²) in [5, 5.41) is 9.84. The highest BCUT2D eigenvalue weighted by molar-refractivity contribution is 5.98. The molecule has 25 heavy (non-hydrogen) atoms. The molecule has 0 fully saturated rings. The summed E-state index contributed by atoms with van der Waals surface area (Å²) in [4.78, 5) is 30.5. The summed E-state index contributed by atoms with van der Waals surface area (Å²) in [7, 11) is 0. The Morgan fingerprint density at radius 1 is 1.36 bits per heavy atom. The van der Waals surface area contributed by atoms with Crippen molar-refractivity contribution < 1.29 is 9.59 Å². The molecule has 0 saturated heterocycles. The molecule has 7 nitrogen and oxygen atoms in total. The van der Waals surface area contributed by atoms with Crippen LogP contribution in [0.1, 0.15) is 61.3 Å². The van der Waals surface area contributed by atoms with Gasteiger partial charge < -0.3 is 10.2 Å². The molecule has 0 radical (unpaired) electrons. The van der Waals surface area contributed by atoms with Crippen molar-refractivity contribution >= 4 is 17.5 Å². The number of nitrogens with zero attached hydrogens (tertiary/aromatic N) is 3. The Kier molecular flexibility index (Phi) is 4.83. The third-order valence-electron chi connectivity index (χ3n) is 4.79. The van der Waals surface area contributed by atoms with Crippen LogP contribution in [0.15, 0.2) is 24.5 Å². The zero-order valence-electron chi connectivity index (χ0n) is 14.7. The summed E-state index contributed by atoms with van der Waals surface area (Å²) in [5.74, 6) is 0.469. The van der Waals surface area contributed by atoms with Gasteiger partial charge in [-0.3, -0.25) is 14.7 Å². The molecule has 0 spiro atoms. The van der Waals surface area contributed by atoms with E-state index in [1.165, 1.54) is 6.33 Å². The first-order valence-corrected chi connectivity index (χ1v) is 8.63. The second-order valence-electron chi connectivity index (χ2n) is 6.31. The van der Waals surface area contributed by atoms with Crippen molar-refractivity contribution in [2.24, 2.45) is 0 Å². The zero-order chi connectivity index (χ0) is 18.0. The third kappa shape index (κ3) is 3.26. The molecule has 2 N–H and O–H groups in total. The molecule has 2 heterocycles. The average Bonchev–Trinajstić information content (AvgIpc) is 3.25. The molecule has 1 unspecified atom stereocenters. The lowest BCUT2D eigenvalue weighted by atomic mass is 9.98. The van der Waals surface area contributed by atoms with E-state index in [-0.39, 0.29) is 23.8 Å². The molecule has 2 aromatic rings. The van der Waals surface area contributed by atoms with Crippen molar-refractivity contribution in [3.63, 3.8) is 0 Å². The topological polar surface area (TPSA) is 91.0 Å². The Labute approximate surface area is 146 Å². The summed E-state index contributed by atoms with van der Waals surface area (Å²) in [6.07, 6.45) is 3.24. The van der Waals surface area contributed by atoms with E-state index in [2.05, 4.69) is 34.3 Å². The van der Waals surface area contributed by atoms with E-state index in [0.717, 1.165) is 24.1 Å². The fourth-order valence-electron chi connectivity index (χ4n) is 3.28. The molecule has 1 aliphatic heterocycles. The van der Waals surface area contributed by atoms with Crippen LogP contribution in [-0.4, -0.2) is 39.6 Å². The van der Waals surface area contributed by atoms with Crippen molar-refractivity contribution in [1.82, 2.24) is 20.5 Å². The first kappa shape index (κ1) is 17.1. The number of H-pyrrole nitrogens is 1. The summed E-state index contributed by atoms with van der Waals surface area (Å²) >= 11 is 0. The molecular formula is C18H23N5O2. The molecule has 1 aromatic carbocycles. The second-order valence-corrected chi connectivity index (χ2v) is 6.31. The van der Waals surface area contributed by atoms with Gasteiger partial charge in [0.05, 0.1) is 5.92 Å². The lowest BCUT2D eigenvalue weighted by Crippen LogP contribution is -2.33. The maximum Gasteiger partial charge on any atom is 0.251 e. The van der Waals surface area contributed by atoms with Gasteiger partial charge >= 0.3 is 0 Å². The maximum absolute atomic E-state index is 12.6. The average molecular weight is 341 g/mol. The van der Waals surface area contributed by atoms with Crippen LogP contribution in [0.4, 0.5) is 5.69 Å². The number of carbonyl (C=O) groups is 2. The number of anilines is 1. The Balaban J connectivity index is 1.95. The number of hydrogen-bond donors (Lipinski definition) is 2. The SMILES string of the molecule is CCC(CC)NC(=O)c1ccc2c(c1)C(c1ncn[nH]1)CN2C(C)=O. The highest BCUT2D eigenvalue weighted by Crippen LogP contribution is 2.39. The molecule has 7 heteroatoms. The number of carbonyl (C=O) groups excluding carboxylic acids is 2. The number of hydrogen-bond acceptors (Lipinski definition) is 4. The molecule has 1 atom stereocenters. The van der Waals surface area contributed by atoms with Gasteiger partial charge in [-0.2, -0.15) is 5.10 Å². The normalized spacial score (nSPS) is 16.2. The summed E-state index contributed by atoms with van der Waals surface area (Å²) in [6.45, 7) is 6.15. The maximum atomic E-state index is 12.6. The third-order valence-corrected chi connectivity index (χ3v) is 4.79. The number of aromatic nitrogens is 3. The van der Waals surface area contributed by atoms with E-state index in [1.807, 2.05) is 12.1 Å². The van der Waals surface area contributed by atoms with Crippen LogP contribution in [0.5, 0.6) is 0 Å². The van der Waals surface area contributed by atoms with Gasteiger partial charge in [0.1, 0.15) is 12.2 Å². The van der Waals surface area contributed by atoms with Crippen molar-refractivity contribution in [1.29, 1.82) is 0 Å². The number of nitrogens with one attached hydrogen (secondary N) is 2. The van der Waals surface area contributed by atoms with E-state index in [9.17, 15) is 9.59 Å². The number of rotatable bonds is 5. The summed E-state index contributed by atoms with van der Waals surface area (Å²) < 4.78 is 0. The summed E-state index contributed by atoms with van der Waals surface area (Å²) in [6, 6.07) is 5.65. The molecule has 0 saturated carbocycles. The van der Waals surface area contributed by atoms with Crippen molar-refractivity contribution in [2.75, 3.05) is 11.4 Å². The largest absolute Gasteiger partial charge is 0.349 e. The number of amides is 2. The standard InChI is InChI=1S/C18H23N5O2/c1-4-13(5-2)21-18(25)12-6-7-16-14(8-12)15(9-23(16)11(3)24)17-19-10-20-22-17/h6-8,10,13,15H,4-5,9H2,1-3H3,(H,21,25)(H,19,20,22). The van der Waals surface area contributed by atoms with Crippen molar-refractivity contribution in [2.45, 2.75) is 45.6 Å². The number of fused-ring (bicyclic) bond motifs is 1. The quantitative estimate of drug-likeness (QED) is 0.872. The minimum Gasteiger partial charge on any atom is -0.349 e. The van der Waals surface area contributed by atoms with Crippen molar-refractivity contribution in [3.8, 4) is 0 Å². The molecule has 132 valence electrons. The minimum absolute atomic E-state index is 0.0301. The van der Waals surface area contributed by atoms with Crippen LogP contribution in [0.3, 0.4) is 0 Å². The van der Waals surface area contributed by atoms with Crippen LogP contribution in [0, 0.1) is 0 Å². The van der Waals surface area contributed by atoms with Crippen LogP contribution < -0.4 is 10.2 Å². The lowest BCUT2D eigenvalue weighted by Gasteiger charge is -2.16. The van der Waals surface area contributed by atoms with Gasteiger partial charge in [0.15, 0.2) is 0 Å². The fourth-order valence-corrected chi connectivity index (χ4v) is 3.28. The van der Waals surface area contributed by atoms with Gasteiger partial charge in [-0.1, -0.05) is 13.8 Å². The highest BCUT2D eigenvalue weighted by atomic mass is 16.2. The van der Waals surface area contributed by atoms with Gasteiger partial charge in [0, 0.05) is 30.8 Å². The van der Waals surface area contributed by atoms with Crippen LogP contribution in [0.25, 0.3) is 0 Å². The van der Waals surface area contributed by atoms with Gasteiger partial charge in [0.2, 0.25) is 5.91 Å². The fraction of sp³-hybridized carbons (Fsp3) is 0.444. The summed E-state index contributed by atoms with van der Waals surface area (Å²) in [5.41, 5.74) is 2.35. The van der Waals surface area contributed by atoms with E-state index in [0.29, 0.717) is 17.9 Å². The first-order valence-electron chi connectivity index (χ1n) is 8.63.